The number of hydrogen-bond acceptors (Lipinski definition) is 4. The van der Waals surface area contributed by atoms with Crippen molar-refractivity contribution in [2.75, 3.05) is 20.0 Å². The highest BCUT2D eigenvalue weighted by Crippen LogP contribution is 2.56. The smallest absolute Gasteiger partial charge is 0.231 e. The summed E-state index contributed by atoms with van der Waals surface area (Å²) in [6.07, 6.45) is 2.33. The second-order valence-corrected chi connectivity index (χ2v) is 7.25. The van der Waals surface area contributed by atoms with Crippen LogP contribution in [0.1, 0.15) is 32.4 Å². The lowest BCUT2D eigenvalue weighted by Gasteiger charge is -2.55. The molecule has 124 valence electrons. The van der Waals surface area contributed by atoms with Gasteiger partial charge in [0.15, 0.2) is 11.5 Å². The van der Waals surface area contributed by atoms with Crippen LogP contribution in [0, 0.1) is 23.2 Å². The molecule has 0 saturated carbocycles. The van der Waals surface area contributed by atoms with E-state index >= 15 is 0 Å². The summed E-state index contributed by atoms with van der Waals surface area (Å²) in [4.78, 5) is 0. The van der Waals surface area contributed by atoms with Gasteiger partial charge in [0.1, 0.15) is 0 Å². The number of allylic oxidation sites excluding steroid dienone is 1. The van der Waals surface area contributed by atoms with Gasteiger partial charge in [0.25, 0.3) is 0 Å². The molecule has 0 radical (unpaired) electrons. The maximum atomic E-state index is 10.1. The summed E-state index contributed by atoms with van der Waals surface area (Å²) in [5, 5.41) is 10.1. The van der Waals surface area contributed by atoms with Gasteiger partial charge in [-0.2, -0.15) is 0 Å². The molecule has 4 heteroatoms. The molecule has 2 heterocycles. The van der Waals surface area contributed by atoms with Crippen molar-refractivity contribution < 1.29 is 19.3 Å². The second kappa shape index (κ2) is 5.25. The molecule has 0 amide bonds. The number of benzene rings is 1. The molecule has 2 aliphatic heterocycles. The first kappa shape index (κ1) is 15.0. The Morgan fingerprint density at radius 2 is 2.00 bits per heavy atom. The number of aliphatic hydroxyl groups is 1. The molecule has 4 rings (SSSR count). The van der Waals surface area contributed by atoms with Crippen LogP contribution >= 0.6 is 0 Å². The molecule has 1 aliphatic carbocycles. The van der Waals surface area contributed by atoms with Gasteiger partial charge in [-0.25, -0.2) is 0 Å². The van der Waals surface area contributed by atoms with E-state index in [2.05, 4.69) is 32.9 Å². The Bertz CT molecular complexity index is 653. The van der Waals surface area contributed by atoms with E-state index < -0.39 is 0 Å². The van der Waals surface area contributed by atoms with Gasteiger partial charge < -0.3 is 19.3 Å². The van der Waals surface area contributed by atoms with E-state index in [9.17, 15) is 5.11 Å². The quantitative estimate of drug-likeness (QED) is 0.850. The Morgan fingerprint density at radius 3 is 2.78 bits per heavy atom. The van der Waals surface area contributed by atoms with Crippen molar-refractivity contribution in [3.8, 4) is 11.5 Å². The Balaban J connectivity index is 1.73. The predicted octanol–water partition coefficient (Wildman–Crippen LogP) is 3.31. The van der Waals surface area contributed by atoms with Crippen LogP contribution in [0.4, 0.5) is 0 Å². The van der Waals surface area contributed by atoms with Gasteiger partial charge in [0, 0.05) is 11.3 Å². The lowest BCUT2D eigenvalue weighted by molar-refractivity contribution is -0.165. The summed E-state index contributed by atoms with van der Waals surface area (Å²) in [6, 6.07) is 6.07. The molecule has 23 heavy (non-hydrogen) atoms. The summed E-state index contributed by atoms with van der Waals surface area (Å²) < 4.78 is 17.2. The van der Waals surface area contributed by atoms with Crippen molar-refractivity contribution in [2.24, 2.45) is 23.2 Å². The Labute approximate surface area is 137 Å². The molecule has 1 aromatic rings. The third-order valence-corrected chi connectivity index (χ3v) is 6.27. The van der Waals surface area contributed by atoms with Gasteiger partial charge in [-0.15, -0.1) is 0 Å². The van der Waals surface area contributed by atoms with Crippen molar-refractivity contribution in [3.05, 3.63) is 35.4 Å². The molecule has 5 unspecified atom stereocenters. The fourth-order valence-electron chi connectivity index (χ4n) is 4.68. The SMILES string of the molecule is CC1=CC(C)C2(CO)COC(c3ccc4c(c3)OCO4)C1C2C. The molecule has 1 fully saturated rings. The fourth-order valence-corrected chi connectivity index (χ4v) is 4.68. The van der Waals surface area contributed by atoms with Crippen molar-refractivity contribution >= 4 is 0 Å². The Hall–Kier alpha value is -1.52. The van der Waals surface area contributed by atoms with Crippen LogP contribution in [0.5, 0.6) is 11.5 Å². The molecule has 5 atom stereocenters. The lowest BCUT2D eigenvalue weighted by Crippen LogP contribution is -2.53. The van der Waals surface area contributed by atoms with Crippen LogP contribution < -0.4 is 9.47 Å². The number of rotatable bonds is 2. The number of hydrogen-bond donors (Lipinski definition) is 1. The van der Waals surface area contributed by atoms with Crippen LogP contribution in [0.3, 0.4) is 0 Å². The number of ether oxygens (including phenoxy) is 3. The topological polar surface area (TPSA) is 47.9 Å². The zero-order valence-electron chi connectivity index (χ0n) is 13.9. The van der Waals surface area contributed by atoms with E-state index in [1.54, 1.807) is 0 Å². The van der Waals surface area contributed by atoms with Crippen LogP contribution in [0.15, 0.2) is 29.8 Å². The molecule has 2 bridgehead atoms. The lowest BCUT2D eigenvalue weighted by atomic mass is 9.56. The molecule has 0 aromatic heterocycles. The predicted molar refractivity (Wildman–Crippen MR) is 86.4 cm³/mol. The minimum atomic E-state index is -0.170. The molecular weight excluding hydrogens is 292 g/mol. The zero-order chi connectivity index (χ0) is 16.2. The van der Waals surface area contributed by atoms with Crippen molar-refractivity contribution in [3.63, 3.8) is 0 Å². The van der Waals surface area contributed by atoms with E-state index in [0.717, 1.165) is 17.1 Å². The third-order valence-electron chi connectivity index (χ3n) is 6.27. The molecule has 1 saturated heterocycles. The van der Waals surface area contributed by atoms with Crippen LogP contribution in [-0.4, -0.2) is 25.1 Å². The second-order valence-electron chi connectivity index (χ2n) is 7.25. The van der Waals surface area contributed by atoms with Crippen LogP contribution in [-0.2, 0) is 4.74 Å². The molecule has 1 N–H and O–H groups in total. The third kappa shape index (κ3) is 2.05. The van der Waals surface area contributed by atoms with Gasteiger partial charge in [0.05, 0.1) is 19.3 Å². The standard InChI is InChI=1S/C19H24O4/c1-11-6-12(2)19(8-20)9-21-18(17(11)13(19)3)14-4-5-15-16(7-14)23-10-22-15/h4-7,12-13,17-18,20H,8-10H2,1-3H3. The summed E-state index contributed by atoms with van der Waals surface area (Å²) in [6.45, 7) is 7.68. The van der Waals surface area contributed by atoms with Gasteiger partial charge in [0.2, 0.25) is 6.79 Å². The summed E-state index contributed by atoms with van der Waals surface area (Å²) in [5.41, 5.74) is 2.31. The molecule has 4 nitrogen and oxygen atoms in total. The molecule has 3 aliphatic rings. The van der Waals surface area contributed by atoms with Gasteiger partial charge in [-0.05, 0) is 36.5 Å². The Morgan fingerprint density at radius 1 is 1.22 bits per heavy atom. The van der Waals surface area contributed by atoms with Crippen molar-refractivity contribution in [2.45, 2.75) is 26.9 Å². The highest BCUT2D eigenvalue weighted by Gasteiger charge is 2.53. The van der Waals surface area contributed by atoms with Gasteiger partial charge in [-0.3, -0.25) is 0 Å². The fraction of sp³-hybridized carbons (Fsp3) is 0.579. The first-order chi connectivity index (χ1) is 11.1. The van der Waals surface area contributed by atoms with E-state index in [4.69, 9.17) is 14.2 Å². The zero-order valence-corrected chi connectivity index (χ0v) is 13.9. The number of fused-ring (bicyclic) bond motifs is 3. The normalized spacial score (nSPS) is 38.3. The first-order valence-corrected chi connectivity index (χ1v) is 8.37. The molecule has 0 spiro atoms. The highest BCUT2D eigenvalue weighted by atomic mass is 16.7. The first-order valence-electron chi connectivity index (χ1n) is 8.37. The summed E-state index contributed by atoms with van der Waals surface area (Å²) in [7, 11) is 0. The van der Waals surface area contributed by atoms with E-state index in [0.29, 0.717) is 18.4 Å². The van der Waals surface area contributed by atoms with Gasteiger partial charge in [-0.1, -0.05) is 31.6 Å². The molecule has 1 aromatic carbocycles. The summed E-state index contributed by atoms with van der Waals surface area (Å²) in [5.74, 6) is 2.58. The molecular formula is C19H24O4. The highest BCUT2D eigenvalue weighted by molar-refractivity contribution is 5.45. The van der Waals surface area contributed by atoms with Crippen LogP contribution in [0.25, 0.3) is 0 Å². The average Bonchev–Trinajstić information content (AvgIpc) is 3.00. The minimum absolute atomic E-state index is 0.00271. The summed E-state index contributed by atoms with van der Waals surface area (Å²) >= 11 is 0. The van der Waals surface area contributed by atoms with E-state index in [1.807, 2.05) is 12.1 Å². The number of aliphatic hydroxyl groups excluding tert-OH is 1. The minimum Gasteiger partial charge on any atom is -0.454 e. The largest absolute Gasteiger partial charge is 0.454 e. The van der Waals surface area contributed by atoms with Crippen LogP contribution in [0.2, 0.25) is 0 Å². The average molecular weight is 316 g/mol. The van der Waals surface area contributed by atoms with Crippen molar-refractivity contribution in [1.29, 1.82) is 0 Å². The van der Waals surface area contributed by atoms with Crippen molar-refractivity contribution in [1.82, 2.24) is 0 Å². The maximum absolute atomic E-state index is 10.1. The Kier molecular flexibility index (Phi) is 3.43. The van der Waals surface area contributed by atoms with E-state index in [-0.39, 0.29) is 30.8 Å². The maximum Gasteiger partial charge on any atom is 0.231 e. The van der Waals surface area contributed by atoms with E-state index in [1.165, 1.54) is 5.57 Å². The monoisotopic (exact) mass is 316 g/mol. The van der Waals surface area contributed by atoms with Gasteiger partial charge >= 0.3 is 0 Å².